The van der Waals surface area contributed by atoms with Crippen LogP contribution in [-0.2, 0) is 13.0 Å². The first-order valence-corrected chi connectivity index (χ1v) is 10.8. The molecular formula is C22H17ClN4O2S. The monoisotopic (exact) mass is 436 g/mol. The van der Waals surface area contributed by atoms with Crippen molar-refractivity contribution in [2.24, 2.45) is 0 Å². The summed E-state index contributed by atoms with van der Waals surface area (Å²) >= 11 is 7.38. The van der Waals surface area contributed by atoms with Gasteiger partial charge in [0.2, 0.25) is 0 Å². The van der Waals surface area contributed by atoms with Crippen molar-refractivity contribution in [2.45, 2.75) is 26.3 Å². The third-order valence-corrected chi connectivity index (χ3v) is 6.35. The quantitative estimate of drug-likeness (QED) is 0.505. The zero-order valence-corrected chi connectivity index (χ0v) is 17.7. The van der Waals surface area contributed by atoms with E-state index >= 15 is 0 Å². The summed E-state index contributed by atoms with van der Waals surface area (Å²) in [4.78, 5) is 35.6. The molecule has 0 spiro atoms. The lowest BCUT2D eigenvalue weighted by Crippen LogP contribution is -2.21. The second kappa shape index (κ2) is 7.34. The molecule has 150 valence electrons. The van der Waals surface area contributed by atoms with Crippen molar-refractivity contribution in [1.82, 2.24) is 14.5 Å². The molecule has 6 nitrogen and oxygen atoms in total. The Morgan fingerprint density at radius 3 is 2.77 bits per heavy atom. The summed E-state index contributed by atoms with van der Waals surface area (Å²) in [6.45, 7) is 2.67. The first-order valence-electron chi connectivity index (χ1n) is 9.58. The van der Waals surface area contributed by atoms with E-state index in [0.717, 1.165) is 34.8 Å². The van der Waals surface area contributed by atoms with Crippen LogP contribution in [0.15, 0.2) is 47.3 Å². The normalized spacial score (nSPS) is 12.9. The van der Waals surface area contributed by atoms with Gasteiger partial charge in [-0.05, 0) is 43.7 Å². The summed E-state index contributed by atoms with van der Waals surface area (Å²) in [5.41, 5.74) is 2.72. The molecule has 0 saturated heterocycles. The van der Waals surface area contributed by atoms with Crippen molar-refractivity contribution in [3.63, 3.8) is 0 Å². The second-order valence-corrected chi connectivity index (χ2v) is 8.84. The average Bonchev–Trinajstić information content (AvgIpc) is 3.35. The molecule has 1 N–H and O–H groups in total. The van der Waals surface area contributed by atoms with E-state index in [1.807, 2.05) is 31.2 Å². The van der Waals surface area contributed by atoms with Gasteiger partial charge < -0.3 is 0 Å². The van der Waals surface area contributed by atoms with E-state index in [4.69, 9.17) is 11.6 Å². The van der Waals surface area contributed by atoms with Crippen LogP contribution in [-0.4, -0.2) is 20.4 Å². The highest BCUT2D eigenvalue weighted by atomic mass is 35.5. The van der Waals surface area contributed by atoms with Gasteiger partial charge in [0.25, 0.3) is 11.5 Å². The number of amides is 1. The molecule has 0 unspecified atom stereocenters. The minimum Gasteiger partial charge on any atom is -0.298 e. The Bertz CT molecular complexity index is 1360. The zero-order chi connectivity index (χ0) is 20.8. The fraction of sp³-hybridized carbons (Fsp3) is 0.182. The number of hydrogen-bond donors (Lipinski definition) is 1. The predicted molar refractivity (Wildman–Crippen MR) is 120 cm³/mol. The fourth-order valence-corrected chi connectivity index (χ4v) is 4.68. The Hall–Kier alpha value is -3.03. The zero-order valence-electron chi connectivity index (χ0n) is 16.1. The molecule has 0 fully saturated rings. The van der Waals surface area contributed by atoms with Crippen molar-refractivity contribution in [3.8, 4) is 11.3 Å². The molecule has 1 aliphatic heterocycles. The lowest BCUT2D eigenvalue weighted by atomic mass is 10.1. The van der Waals surface area contributed by atoms with Crippen molar-refractivity contribution in [3.05, 3.63) is 74.1 Å². The van der Waals surface area contributed by atoms with Gasteiger partial charge in [-0.2, -0.15) is 0 Å². The lowest BCUT2D eigenvalue weighted by molar-refractivity contribution is 0.102. The summed E-state index contributed by atoms with van der Waals surface area (Å²) in [5, 5.41) is 4.58. The number of fused-ring (bicyclic) bond motifs is 2. The Balaban J connectivity index is 1.44. The third kappa shape index (κ3) is 3.30. The molecule has 3 heterocycles. The highest BCUT2D eigenvalue weighted by molar-refractivity contribution is 7.16. The molecular weight excluding hydrogens is 420 g/mol. The Labute approximate surface area is 181 Å². The van der Waals surface area contributed by atoms with E-state index in [-0.39, 0.29) is 11.5 Å². The van der Waals surface area contributed by atoms with E-state index in [1.54, 1.807) is 22.8 Å². The van der Waals surface area contributed by atoms with Crippen LogP contribution in [0.3, 0.4) is 0 Å². The van der Waals surface area contributed by atoms with Crippen LogP contribution < -0.4 is 10.9 Å². The third-order valence-electron chi connectivity index (χ3n) is 5.21. The second-order valence-electron chi connectivity index (χ2n) is 7.21. The number of benzene rings is 2. The summed E-state index contributed by atoms with van der Waals surface area (Å²) in [7, 11) is 0. The molecule has 30 heavy (non-hydrogen) atoms. The summed E-state index contributed by atoms with van der Waals surface area (Å²) < 4.78 is 1.72. The van der Waals surface area contributed by atoms with Crippen molar-refractivity contribution < 1.29 is 4.79 Å². The minimum atomic E-state index is -0.282. The van der Waals surface area contributed by atoms with Crippen LogP contribution in [0.25, 0.3) is 22.2 Å². The number of thiazole rings is 1. The van der Waals surface area contributed by atoms with Gasteiger partial charge in [-0.15, -0.1) is 11.3 Å². The summed E-state index contributed by atoms with van der Waals surface area (Å²) in [6.07, 6.45) is 1.71. The first-order chi connectivity index (χ1) is 14.5. The maximum Gasteiger partial charge on any atom is 0.261 e. The molecule has 0 aliphatic carbocycles. The molecule has 1 amide bonds. The van der Waals surface area contributed by atoms with Crippen LogP contribution in [0.1, 0.15) is 27.5 Å². The fourth-order valence-electron chi connectivity index (χ4n) is 3.72. The van der Waals surface area contributed by atoms with E-state index < -0.39 is 0 Å². The number of halogens is 1. The number of aromatic nitrogens is 3. The predicted octanol–water partition coefficient (Wildman–Crippen LogP) is 4.68. The van der Waals surface area contributed by atoms with Gasteiger partial charge in [-0.25, -0.2) is 9.97 Å². The number of carbonyl (C=O) groups is 1. The molecule has 2 aromatic heterocycles. The summed E-state index contributed by atoms with van der Waals surface area (Å²) in [6, 6.07) is 12.4. The Morgan fingerprint density at radius 2 is 1.97 bits per heavy atom. The largest absolute Gasteiger partial charge is 0.298 e. The summed E-state index contributed by atoms with van der Waals surface area (Å²) in [5.74, 6) is 0.504. The molecule has 4 aromatic rings. The number of rotatable bonds is 3. The van der Waals surface area contributed by atoms with Gasteiger partial charge in [-0.1, -0.05) is 23.7 Å². The molecule has 0 bridgehead atoms. The molecule has 8 heteroatoms. The minimum absolute atomic E-state index is 0.0392. The topological polar surface area (TPSA) is 76.9 Å². The van der Waals surface area contributed by atoms with Crippen LogP contribution >= 0.6 is 22.9 Å². The maximum atomic E-state index is 12.8. The van der Waals surface area contributed by atoms with Gasteiger partial charge in [0.1, 0.15) is 5.82 Å². The Morgan fingerprint density at radius 1 is 1.17 bits per heavy atom. The van der Waals surface area contributed by atoms with Gasteiger partial charge in [0.15, 0.2) is 5.13 Å². The first kappa shape index (κ1) is 19.0. The highest BCUT2D eigenvalue weighted by Gasteiger charge is 2.18. The van der Waals surface area contributed by atoms with Crippen LogP contribution in [0.4, 0.5) is 5.13 Å². The number of nitrogens with zero attached hydrogens (tertiary/aromatic N) is 3. The van der Waals surface area contributed by atoms with Crippen LogP contribution in [0, 0.1) is 6.92 Å². The van der Waals surface area contributed by atoms with E-state index in [2.05, 4.69) is 15.3 Å². The van der Waals surface area contributed by atoms with Gasteiger partial charge in [0.05, 0.1) is 16.6 Å². The van der Waals surface area contributed by atoms with Crippen molar-refractivity contribution in [2.75, 3.05) is 5.32 Å². The number of aryl methyl sites for hydroxylation is 2. The van der Waals surface area contributed by atoms with Gasteiger partial charge >= 0.3 is 0 Å². The standard InChI is InChI=1S/C22H17ClN4O2S/c1-12-19(13-4-7-15(23)8-5-13)25-22(30-12)26-20(28)14-6-9-16-17(11-14)24-18-3-2-10-27(18)21(16)29/h4-9,11H,2-3,10H2,1H3,(H,25,26,28). The number of anilines is 1. The van der Waals surface area contributed by atoms with Crippen molar-refractivity contribution in [1.29, 1.82) is 0 Å². The van der Waals surface area contributed by atoms with Gasteiger partial charge in [0, 0.05) is 34.0 Å². The molecule has 2 aromatic carbocycles. The Kier molecular flexibility index (Phi) is 4.64. The van der Waals surface area contributed by atoms with Crippen LogP contribution in [0.5, 0.6) is 0 Å². The van der Waals surface area contributed by atoms with E-state index in [9.17, 15) is 9.59 Å². The number of hydrogen-bond acceptors (Lipinski definition) is 5. The molecule has 0 atom stereocenters. The molecule has 0 radical (unpaired) electrons. The molecule has 5 rings (SSSR count). The van der Waals surface area contributed by atoms with E-state index in [1.165, 1.54) is 11.3 Å². The number of nitrogens with one attached hydrogen (secondary N) is 1. The smallest absolute Gasteiger partial charge is 0.261 e. The molecule has 1 aliphatic rings. The van der Waals surface area contributed by atoms with Crippen molar-refractivity contribution >= 4 is 44.9 Å². The lowest BCUT2D eigenvalue weighted by Gasteiger charge is -2.07. The van der Waals surface area contributed by atoms with Gasteiger partial charge in [-0.3, -0.25) is 19.5 Å². The highest BCUT2D eigenvalue weighted by Crippen LogP contribution is 2.31. The number of carbonyl (C=O) groups excluding carboxylic acids is 1. The SMILES string of the molecule is Cc1sc(NC(=O)c2ccc3c(=O)n4c(nc3c2)CCC4)nc1-c1ccc(Cl)cc1. The average molecular weight is 437 g/mol. The van der Waals surface area contributed by atoms with Crippen LogP contribution in [0.2, 0.25) is 5.02 Å². The van der Waals surface area contributed by atoms with E-state index in [0.29, 0.717) is 33.2 Å². The maximum absolute atomic E-state index is 12.8. The molecule has 0 saturated carbocycles.